The molecule has 0 radical (unpaired) electrons. The first kappa shape index (κ1) is 26.8. The van der Waals surface area contributed by atoms with Gasteiger partial charge in [0.15, 0.2) is 0 Å². The smallest absolute Gasteiger partial charge is 0.123 e. The van der Waals surface area contributed by atoms with Gasteiger partial charge in [0, 0.05) is 57.8 Å². The number of hydrogen-bond donors (Lipinski definition) is 0. The summed E-state index contributed by atoms with van der Waals surface area (Å²) in [5, 5.41) is 13.0. The van der Waals surface area contributed by atoms with E-state index in [2.05, 4.69) is 107 Å². The van der Waals surface area contributed by atoms with Crippen molar-refractivity contribution in [2.24, 2.45) is 0 Å². The monoisotopic (exact) mass is 624 g/mol. The van der Waals surface area contributed by atoms with Crippen molar-refractivity contribution >= 4 is 55.0 Å². The van der Waals surface area contributed by atoms with Gasteiger partial charge in [-0.05, 0) is 73.8 Å². The van der Waals surface area contributed by atoms with E-state index >= 15 is 0 Å². The molecule has 0 fully saturated rings. The molecule has 0 aliphatic heterocycles. The van der Waals surface area contributed by atoms with Crippen LogP contribution in [0.15, 0.2) is 145 Å². The molecule has 0 N–H and O–H groups in total. The minimum atomic E-state index is 0.917. The van der Waals surface area contributed by atoms with Gasteiger partial charge >= 0.3 is 0 Å². The largest absolute Gasteiger partial charge is 0.256 e. The van der Waals surface area contributed by atoms with Crippen molar-refractivity contribution in [1.29, 1.82) is 0 Å². The molecular weight excluding hydrogens is 601 g/mol. The Kier molecular flexibility index (Phi) is 6.47. The average Bonchev–Trinajstić information content (AvgIpc) is 3.86. The van der Waals surface area contributed by atoms with Gasteiger partial charge in [-0.15, -0.1) is 22.7 Å². The number of rotatable bonds is 5. The summed E-state index contributed by atoms with van der Waals surface area (Å²) >= 11 is 3.27. The van der Waals surface area contributed by atoms with Gasteiger partial charge in [-0.25, -0.2) is 9.97 Å². The second kappa shape index (κ2) is 11.1. The second-order valence-electron chi connectivity index (χ2n) is 11.1. The molecule has 9 rings (SSSR count). The summed E-state index contributed by atoms with van der Waals surface area (Å²) in [6.45, 7) is 0. The lowest BCUT2D eigenvalue weighted by atomic mass is 9.86. The van der Waals surface area contributed by atoms with E-state index in [9.17, 15) is 0 Å². The first-order valence-corrected chi connectivity index (χ1v) is 16.8. The Morgan fingerprint density at radius 2 is 0.957 bits per heavy atom. The molecule has 0 aliphatic rings. The third-order valence-corrected chi connectivity index (χ3v) is 10.2. The predicted molar refractivity (Wildman–Crippen MR) is 193 cm³/mol. The zero-order chi connectivity index (χ0) is 30.5. The first-order valence-electron chi connectivity index (χ1n) is 15.0. The van der Waals surface area contributed by atoms with E-state index < -0.39 is 0 Å². The highest BCUT2D eigenvalue weighted by Gasteiger charge is 2.20. The van der Waals surface area contributed by atoms with Crippen LogP contribution in [0.4, 0.5) is 0 Å². The van der Waals surface area contributed by atoms with Crippen molar-refractivity contribution in [1.82, 2.24) is 19.9 Å². The van der Waals surface area contributed by atoms with Gasteiger partial charge in [0.25, 0.3) is 0 Å². The lowest BCUT2D eigenvalue weighted by Gasteiger charge is -2.18. The lowest BCUT2D eigenvalue weighted by molar-refractivity contribution is 1.32. The van der Waals surface area contributed by atoms with Crippen molar-refractivity contribution < 1.29 is 0 Å². The van der Waals surface area contributed by atoms with E-state index in [1.54, 1.807) is 22.7 Å². The van der Waals surface area contributed by atoms with Crippen LogP contribution in [0.2, 0.25) is 0 Å². The van der Waals surface area contributed by atoms with Gasteiger partial charge in [0.2, 0.25) is 0 Å². The van der Waals surface area contributed by atoms with Crippen molar-refractivity contribution in [2.75, 3.05) is 0 Å². The van der Waals surface area contributed by atoms with Crippen LogP contribution >= 0.6 is 22.7 Å². The Hall–Kier alpha value is -5.56. The summed E-state index contributed by atoms with van der Waals surface area (Å²) in [5.74, 6) is 0. The maximum Gasteiger partial charge on any atom is 0.123 e. The molecule has 216 valence electrons. The highest BCUT2D eigenvalue weighted by Crippen LogP contribution is 2.45. The van der Waals surface area contributed by atoms with E-state index in [1.165, 1.54) is 16.3 Å². The van der Waals surface area contributed by atoms with Crippen molar-refractivity contribution in [3.63, 3.8) is 0 Å². The summed E-state index contributed by atoms with van der Waals surface area (Å²) in [6.07, 6.45) is 7.49. The molecule has 0 saturated heterocycles. The normalized spacial score (nSPS) is 11.5. The molecule has 0 bridgehead atoms. The summed E-state index contributed by atoms with van der Waals surface area (Å²) in [5.41, 5.74) is 8.53. The highest BCUT2D eigenvalue weighted by molar-refractivity contribution is 7.13. The van der Waals surface area contributed by atoms with E-state index in [0.717, 1.165) is 70.8 Å². The summed E-state index contributed by atoms with van der Waals surface area (Å²) in [4.78, 5) is 19.1. The molecule has 0 saturated carbocycles. The van der Waals surface area contributed by atoms with E-state index in [0.29, 0.717) is 0 Å². The van der Waals surface area contributed by atoms with Crippen molar-refractivity contribution in [3.05, 3.63) is 145 Å². The van der Waals surface area contributed by atoms with Crippen molar-refractivity contribution in [2.45, 2.75) is 0 Å². The molecule has 5 aromatic carbocycles. The van der Waals surface area contributed by atoms with Crippen LogP contribution in [0, 0.1) is 0 Å². The summed E-state index contributed by atoms with van der Waals surface area (Å²) < 4.78 is 0. The van der Waals surface area contributed by atoms with E-state index in [4.69, 9.17) is 9.97 Å². The molecule has 4 nitrogen and oxygen atoms in total. The van der Waals surface area contributed by atoms with E-state index in [1.807, 2.05) is 47.7 Å². The maximum atomic E-state index is 4.98. The number of thiazole rings is 2. The van der Waals surface area contributed by atoms with Crippen LogP contribution in [0.25, 0.3) is 87.1 Å². The molecule has 0 spiro atoms. The number of nitrogens with zero attached hydrogens (tertiary/aromatic N) is 4. The molecule has 0 aliphatic carbocycles. The molecule has 6 heteroatoms. The zero-order valence-electron chi connectivity index (χ0n) is 24.5. The fourth-order valence-corrected chi connectivity index (χ4v) is 7.78. The van der Waals surface area contributed by atoms with Gasteiger partial charge in [-0.3, -0.25) is 9.97 Å². The third kappa shape index (κ3) is 4.50. The number of aromatic nitrogens is 4. The van der Waals surface area contributed by atoms with Gasteiger partial charge in [-0.1, -0.05) is 78.9 Å². The Balaban J connectivity index is 1.38. The molecular formula is C40H24N4S2. The third-order valence-electron chi connectivity index (χ3n) is 8.52. The van der Waals surface area contributed by atoms with Crippen molar-refractivity contribution in [3.8, 4) is 54.8 Å². The topological polar surface area (TPSA) is 51.6 Å². The zero-order valence-corrected chi connectivity index (χ0v) is 26.1. The quantitative estimate of drug-likeness (QED) is 0.179. The maximum absolute atomic E-state index is 4.98. The van der Waals surface area contributed by atoms with Crippen LogP contribution < -0.4 is 0 Å². The number of hydrogen-bond acceptors (Lipinski definition) is 6. The summed E-state index contributed by atoms with van der Waals surface area (Å²) in [6, 6.07) is 39.0. The van der Waals surface area contributed by atoms with Gasteiger partial charge in [0.1, 0.15) is 10.0 Å². The second-order valence-corrected chi connectivity index (χ2v) is 12.9. The highest BCUT2D eigenvalue weighted by atomic mass is 32.1. The standard InChI is InChI=1S/C40H24N4S2/c1-2-8-29-25(6-1)7-5-11-30(29)26-12-13-33-34(22-26)38(36-24-28(15-17-42-36)40-44-19-21-46-40)32-10-4-3-9-31(32)37(33)35-23-27(14-16-41-35)39-43-18-20-45-39/h1-24H. The molecule has 4 heterocycles. The van der Waals surface area contributed by atoms with Gasteiger partial charge in [-0.2, -0.15) is 0 Å². The van der Waals surface area contributed by atoms with Crippen LogP contribution in [0.3, 0.4) is 0 Å². The molecule has 0 unspecified atom stereocenters. The number of benzene rings is 5. The molecule has 46 heavy (non-hydrogen) atoms. The fraction of sp³-hybridized carbons (Fsp3) is 0. The average molecular weight is 625 g/mol. The Bertz CT molecular complexity index is 2530. The molecule has 0 amide bonds. The lowest BCUT2D eigenvalue weighted by Crippen LogP contribution is -1.95. The Morgan fingerprint density at radius 1 is 0.391 bits per heavy atom. The van der Waals surface area contributed by atoms with Crippen LogP contribution in [0.5, 0.6) is 0 Å². The number of fused-ring (bicyclic) bond motifs is 3. The summed E-state index contributed by atoms with van der Waals surface area (Å²) in [7, 11) is 0. The molecule has 9 aromatic rings. The van der Waals surface area contributed by atoms with Gasteiger partial charge in [0.05, 0.1) is 11.4 Å². The minimum absolute atomic E-state index is 0.917. The van der Waals surface area contributed by atoms with Crippen LogP contribution in [-0.2, 0) is 0 Å². The Morgan fingerprint density at radius 3 is 1.59 bits per heavy atom. The first-order chi connectivity index (χ1) is 22.8. The predicted octanol–water partition coefficient (Wildman–Crippen LogP) is 11.2. The van der Waals surface area contributed by atoms with Crippen LogP contribution in [-0.4, -0.2) is 19.9 Å². The fourth-order valence-electron chi connectivity index (χ4n) is 6.51. The molecule has 4 aromatic heterocycles. The van der Waals surface area contributed by atoms with Crippen LogP contribution in [0.1, 0.15) is 0 Å². The SMILES string of the molecule is c1ccc2c(-c3ccc4c(-c5cc(-c6nccs6)ccn5)c5ccccc5c(-c5cc(-c6nccs6)ccn5)c4c3)cccc2c1. The number of pyridine rings is 2. The van der Waals surface area contributed by atoms with E-state index in [-0.39, 0.29) is 0 Å². The van der Waals surface area contributed by atoms with Gasteiger partial charge < -0.3 is 0 Å². The molecule has 0 atom stereocenters. The Labute approximate surface area is 273 Å². The minimum Gasteiger partial charge on any atom is -0.256 e.